The van der Waals surface area contributed by atoms with E-state index in [4.69, 9.17) is 9.31 Å². The van der Waals surface area contributed by atoms with Crippen LogP contribution in [0.1, 0.15) is 27.7 Å². The van der Waals surface area contributed by atoms with Crippen LogP contribution >= 0.6 is 0 Å². The molecule has 1 fully saturated rings. The molecule has 2 nitrogen and oxygen atoms in total. The maximum absolute atomic E-state index is 6.17. The summed E-state index contributed by atoms with van der Waals surface area (Å²) in [6.45, 7) is 8.34. The molecule has 112 valence electrons. The van der Waals surface area contributed by atoms with Gasteiger partial charge in [0.25, 0.3) is 0 Å². The van der Waals surface area contributed by atoms with Crippen LogP contribution < -0.4 is 10.9 Å². The summed E-state index contributed by atoms with van der Waals surface area (Å²) in [7, 11) is 1.80. The molecule has 0 unspecified atom stereocenters. The van der Waals surface area contributed by atoms with Crippen LogP contribution in [0.2, 0.25) is 0 Å². The zero-order valence-corrected chi connectivity index (χ0v) is 14.0. The number of rotatable bonds is 2. The van der Waals surface area contributed by atoms with Crippen molar-refractivity contribution in [1.82, 2.24) is 0 Å². The molecule has 0 bridgehead atoms. The van der Waals surface area contributed by atoms with E-state index in [0.29, 0.717) is 0 Å². The van der Waals surface area contributed by atoms with Crippen molar-refractivity contribution in [2.24, 2.45) is 0 Å². The standard InChI is InChI=1S/C18H22B2O2/c1-17(2)18(3,4)22-20(21-17)16-11-14(10-15(19)12-16)13-8-6-5-7-9-13/h5-12H,19H2,1-4H3. The van der Waals surface area contributed by atoms with Crippen LogP contribution in [0.15, 0.2) is 48.5 Å². The Labute approximate surface area is 134 Å². The van der Waals surface area contributed by atoms with Crippen molar-refractivity contribution in [1.29, 1.82) is 0 Å². The molecule has 0 saturated carbocycles. The van der Waals surface area contributed by atoms with E-state index in [9.17, 15) is 0 Å². The van der Waals surface area contributed by atoms with Gasteiger partial charge in [-0.3, -0.25) is 0 Å². The molecular formula is C18H22B2O2. The highest BCUT2D eigenvalue weighted by Crippen LogP contribution is 2.36. The third-order valence-corrected chi connectivity index (χ3v) is 4.73. The van der Waals surface area contributed by atoms with Crippen molar-refractivity contribution in [3.63, 3.8) is 0 Å². The monoisotopic (exact) mass is 292 g/mol. The molecule has 2 aromatic carbocycles. The van der Waals surface area contributed by atoms with Gasteiger partial charge in [0.1, 0.15) is 7.85 Å². The van der Waals surface area contributed by atoms with Crippen LogP contribution in [-0.2, 0) is 9.31 Å². The van der Waals surface area contributed by atoms with E-state index in [-0.39, 0.29) is 18.3 Å². The summed E-state index contributed by atoms with van der Waals surface area (Å²) < 4.78 is 12.3. The van der Waals surface area contributed by atoms with E-state index in [2.05, 4.69) is 78.0 Å². The smallest absolute Gasteiger partial charge is 0.399 e. The Morgan fingerprint density at radius 3 is 2.00 bits per heavy atom. The lowest BCUT2D eigenvalue weighted by atomic mass is 9.75. The lowest BCUT2D eigenvalue weighted by Crippen LogP contribution is -2.41. The molecule has 2 aromatic rings. The number of hydrogen-bond acceptors (Lipinski definition) is 2. The van der Waals surface area contributed by atoms with Crippen LogP contribution in [0.5, 0.6) is 0 Å². The molecule has 0 spiro atoms. The molecule has 0 amide bonds. The molecule has 1 saturated heterocycles. The van der Waals surface area contributed by atoms with Gasteiger partial charge in [-0.05, 0) is 44.3 Å². The summed E-state index contributed by atoms with van der Waals surface area (Å²) in [5, 5.41) is 0. The Bertz CT molecular complexity index is 665. The fraction of sp³-hybridized carbons (Fsp3) is 0.333. The zero-order valence-electron chi connectivity index (χ0n) is 14.0. The Kier molecular flexibility index (Phi) is 3.70. The predicted molar refractivity (Wildman–Crippen MR) is 95.8 cm³/mol. The molecule has 0 radical (unpaired) electrons. The van der Waals surface area contributed by atoms with E-state index in [1.54, 1.807) is 0 Å². The van der Waals surface area contributed by atoms with Gasteiger partial charge in [-0.2, -0.15) is 0 Å². The minimum absolute atomic E-state index is 0.311. The molecule has 22 heavy (non-hydrogen) atoms. The average Bonchev–Trinajstić information content (AvgIpc) is 2.68. The van der Waals surface area contributed by atoms with Crippen molar-refractivity contribution in [2.45, 2.75) is 38.9 Å². The van der Waals surface area contributed by atoms with Gasteiger partial charge >= 0.3 is 7.12 Å². The molecule has 0 atom stereocenters. The SMILES string of the molecule is Bc1cc(B2OC(C)(C)C(C)(C)O2)cc(-c2ccccc2)c1. The van der Waals surface area contributed by atoms with Crippen LogP contribution in [0.3, 0.4) is 0 Å². The van der Waals surface area contributed by atoms with Gasteiger partial charge in [-0.1, -0.05) is 54.0 Å². The maximum atomic E-state index is 6.17. The van der Waals surface area contributed by atoms with Crippen LogP contribution in [0.25, 0.3) is 11.1 Å². The predicted octanol–water partition coefficient (Wildman–Crippen LogP) is 1.91. The van der Waals surface area contributed by atoms with Crippen molar-refractivity contribution in [3.05, 3.63) is 48.5 Å². The fourth-order valence-electron chi connectivity index (χ4n) is 2.73. The normalized spacial score (nSPS) is 19.4. The Hall–Kier alpha value is -1.51. The molecule has 0 aromatic heterocycles. The van der Waals surface area contributed by atoms with Gasteiger partial charge in [0.05, 0.1) is 11.2 Å². The van der Waals surface area contributed by atoms with E-state index in [0.717, 1.165) is 5.46 Å². The summed E-state index contributed by atoms with van der Waals surface area (Å²) in [5.41, 5.74) is 4.08. The topological polar surface area (TPSA) is 18.5 Å². The molecule has 1 aliphatic heterocycles. The minimum atomic E-state index is -0.313. The first-order valence-corrected chi connectivity index (χ1v) is 7.81. The molecule has 1 aliphatic rings. The Morgan fingerprint density at radius 2 is 1.41 bits per heavy atom. The second kappa shape index (κ2) is 5.29. The van der Waals surface area contributed by atoms with Crippen LogP contribution in [0, 0.1) is 0 Å². The van der Waals surface area contributed by atoms with Crippen molar-refractivity contribution < 1.29 is 9.31 Å². The Morgan fingerprint density at radius 1 is 0.818 bits per heavy atom. The molecule has 0 aliphatic carbocycles. The molecule has 1 heterocycles. The lowest BCUT2D eigenvalue weighted by molar-refractivity contribution is 0.00578. The average molecular weight is 292 g/mol. The first-order valence-electron chi connectivity index (χ1n) is 7.81. The van der Waals surface area contributed by atoms with E-state index in [1.807, 2.05) is 6.07 Å². The molecule has 3 rings (SSSR count). The third kappa shape index (κ3) is 2.73. The van der Waals surface area contributed by atoms with Gasteiger partial charge < -0.3 is 9.31 Å². The van der Waals surface area contributed by atoms with Crippen molar-refractivity contribution in [2.75, 3.05) is 0 Å². The second-order valence-electron chi connectivity index (χ2n) is 7.09. The summed E-state index contributed by atoms with van der Waals surface area (Å²) >= 11 is 0. The van der Waals surface area contributed by atoms with Gasteiger partial charge in [-0.25, -0.2) is 0 Å². The summed E-state index contributed by atoms with van der Waals surface area (Å²) in [6.07, 6.45) is 0. The quantitative estimate of drug-likeness (QED) is 0.787. The second-order valence-corrected chi connectivity index (χ2v) is 7.09. The number of benzene rings is 2. The highest BCUT2D eigenvalue weighted by molar-refractivity contribution is 6.62. The largest absolute Gasteiger partial charge is 0.494 e. The first kappa shape index (κ1) is 15.4. The van der Waals surface area contributed by atoms with E-state index in [1.165, 1.54) is 16.6 Å². The van der Waals surface area contributed by atoms with Crippen LogP contribution in [0.4, 0.5) is 0 Å². The highest BCUT2D eigenvalue weighted by atomic mass is 16.7. The first-order chi connectivity index (χ1) is 10.3. The van der Waals surface area contributed by atoms with Gasteiger partial charge in [0, 0.05) is 0 Å². The lowest BCUT2D eigenvalue weighted by Gasteiger charge is -2.32. The summed E-state index contributed by atoms with van der Waals surface area (Å²) in [4.78, 5) is 0. The van der Waals surface area contributed by atoms with E-state index >= 15 is 0 Å². The van der Waals surface area contributed by atoms with E-state index < -0.39 is 0 Å². The highest BCUT2D eigenvalue weighted by Gasteiger charge is 2.51. The van der Waals surface area contributed by atoms with Gasteiger partial charge in [-0.15, -0.1) is 0 Å². The fourth-order valence-corrected chi connectivity index (χ4v) is 2.73. The maximum Gasteiger partial charge on any atom is 0.494 e. The van der Waals surface area contributed by atoms with Crippen LogP contribution in [-0.4, -0.2) is 26.2 Å². The summed E-state index contributed by atoms with van der Waals surface area (Å²) in [6, 6.07) is 16.9. The number of hydrogen-bond donors (Lipinski definition) is 0. The molecule has 4 heteroatoms. The molecule has 0 N–H and O–H groups in total. The summed E-state index contributed by atoms with van der Waals surface area (Å²) in [5.74, 6) is 0. The third-order valence-electron chi connectivity index (χ3n) is 4.73. The van der Waals surface area contributed by atoms with Gasteiger partial charge in [0.2, 0.25) is 0 Å². The van der Waals surface area contributed by atoms with Gasteiger partial charge in [0.15, 0.2) is 0 Å². The van der Waals surface area contributed by atoms with Crippen molar-refractivity contribution in [3.8, 4) is 11.1 Å². The molecular weight excluding hydrogens is 270 g/mol. The Balaban J connectivity index is 1.98. The zero-order chi connectivity index (χ0) is 16.0. The minimum Gasteiger partial charge on any atom is -0.399 e. The van der Waals surface area contributed by atoms with Crippen molar-refractivity contribution >= 4 is 25.9 Å².